The summed E-state index contributed by atoms with van der Waals surface area (Å²) in [5.74, 6) is 1.48. The zero-order chi connectivity index (χ0) is 26.8. The third kappa shape index (κ3) is 5.78. The molecule has 5 rings (SSSR count). The monoisotopic (exact) mass is 582 g/mol. The summed E-state index contributed by atoms with van der Waals surface area (Å²) in [5.41, 5.74) is 3.36. The zero-order valence-electron chi connectivity index (χ0n) is 20.2. The van der Waals surface area contributed by atoms with Gasteiger partial charge in [0.2, 0.25) is 10.9 Å². The first kappa shape index (κ1) is 26.1. The first-order valence-electron chi connectivity index (χ1n) is 11.5. The SMILES string of the molecule is CCc1nnc2sc(-c3ccc(C)c(NC(=S)NC(=O)/C=C/c4ccc(-c5cc(Cl)cc(Cl)c5)o4)c3)nn12. The van der Waals surface area contributed by atoms with Crippen molar-refractivity contribution in [2.75, 3.05) is 5.32 Å². The summed E-state index contributed by atoms with van der Waals surface area (Å²) in [5, 5.41) is 20.7. The molecule has 38 heavy (non-hydrogen) atoms. The van der Waals surface area contributed by atoms with E-state index < -0.39 is 5.91 Å². The van der Waals surface area contributed by atoms with Crippen molar-refractivity contribution in [1.29, 1.82) is 0 Å². The summed E-state index contributed by atoms with van der Waals surface area (Å²) in [6.07, 6.45) is 3.64. The van der Waals surface area contributed by atoms with Gasteiger partial charge in [-0.1, -0.05) is 53.6 Å². The number of rotatable bonds is 6. The Kier molecular flexibility index (Phi) is 7.57. The fourth-order valence-electron chi connectivity index (χ4n) is 3.64. The van der Waals surface area contributed by atoms with E-state index in [1.165, 1.54) is 17.4 Å². The number of thiocarbonyl (C=S) groups is 1. The predicted molar refractivity (Wildman–Crippen MR) is 156 cm³/mol. The Morgan fingerprint density at radius 1 is 1.11 bits per heavy atom. The van der Waals surface area contributed by atoms with Crippen LogP contribution in [0.1, 0.15) is 24.1 Å². The lowest BCUT2D eigenvalue weighted by Crippen LogP contribution is -2.33. The van der Waals surface area contributed by atoms with E-state index >= 15 is 0 Å². The molecule has 8 nitrogen and oxygen atoms in total. The highest BCUT2D eigenvalue weighted by molar-refractivity contribution is 7.80. The van der Waals surface area contributed by atoms with Gasteiger partial charge in [-0.25, -0.2) is 0 Å². The second-order valence-electron chi connectivity index (χ2n) is 8.24. The maximum absolute atomic E-state index is 12.5. The second-order valence-corrected chi connectivity index (χ2v) is 10.5. The fraction of sp³-hybridized carbons (Fsp3) is 0.115. The van der Waals surface area contributed by atoms with Gasteiger partial charge in [0.25, 0.3) is 0 Å². The molecule has 0 saturated carbocycles. The molecular weight excluding hydrogens is 563 g/mol. The van der Waals surface area contributed by atoms with E-state index in [-0.39, 0.29) is 5.11 Å². The Morgan fingerprint density at radius 3 is 2.66 bits per heavy atom. The topological polar surface area (TPSA) is 97.3 Å². The van der Waals surface area contributed by atoms with Gasteiger partial charge < -0.3 is 9.73 Å². The molecule has 0 saturated heterocycles. The summed E-state index contributed by atoms with van der Waals surface area (Å²) in [4.78, 5) is 13.2. The standard InChI is InChI=1S/C26H20Cl2N6O2S2/c1-3-22-31-32-26-34(22)33-24(38-26)15-5-4-14(2)20(12-15)29-25(37)30-23(35)9-7-19-6-8-21(36-19)16-10-17(27)13-18(28)11-16/h4-13H,3H2,1-2H3,(H2,29,30,35,37)/b9-7+. The van der Waals surface area contributed by atoms with Crippen molar-refractivity contribution < 1.29 is 9.21 Å². The van der Waals surface area contributed by atoms with Crippen LogP contribution in [0.3, 0.4) is 0 Å². The van der Waals surface area contributed by atoms with Crippen LogP contribution >= 0.6 is 46.8 Å². The number of carbonyl (C=O) groups excluding carboxylic acids is 1. The summed E-state index contributed by atoms with van der Waals surface area (Å²) in [7, 11) is 0. The number of fused-ring (bicyclic) bond motifs is 1. The normalized spacial score (nSPS) is 11.4. The minimum Gasteiger partial charge on any atom is -0.457 e. The van der Waals surface area contributed by atoms with Crippen LogP contribution in [0.4, 0.5) is 5.69 Å². The molecule has 192 valence electrons. The molecule has 5 aromatic rings. The van der Waals surface area contributed by atoms with E-state index in [0.29, 0.717) is 21.6 Å². The molecule has 3 heterocycles. The third-order valence-corrected chi connectivity index (χ3v) is 7.10. The molecule has 0 bridgehead atoms. The average molecular weight is 584 g/mol. The number of aryl methyl sites for hydroxylation is 2. The van der Waals surface area contributed by atoms with Gasteiger partial charge in [0.05, 0.1) is 0 Å². The number of halogens is 2. The van der Waals surface area contributed by atoms with Crippen LogP contribution in [0.5, 0.6) is 0 Å². The van der Waals surface area contributed by atoms with Crippen LogP contribution < -0.4 is 10.6 Å². The van der Waals surface area contributed by atoms with Crippen LogP contribution in [0.25, 0.3) is 32.9 Å². The van der Waals surface area contributed by atoms with Gasteiger partial charge in [0.15, 0.2) is 10.9 Å². The van der Waals surface area contributed by atoms with E-state index in [1.54, 1.807) is 40.9 Å². The second kappa shape index (κ2) is 11.0. The third-order valence-electron chi connectivity index (χ3n) is 5.51. The predicted octanol–water partition coefficient (Wildman–Crippen LogP) is 6.82. The number of furan rings is 1. The molecule has 0 fully saturated rings. The van der Waals surface area contributed by atoms with Crippen LogP contribution in [0.15, 0.2) is 59.0 Å². The summed E-state index contributed by atoms with van der Waals surface area (Å²) >= 11 is 19.0. The zero-order valence-corrected chi connectivity index (χ0v) is 23.3. The van der Waals surface area contributed by atoms with Crippen LogP contribution in [0.2, 0.25) is 10.0 Å². The molecule has 0 atom stereocenters. The van der Waals surface area contributed by atoms with Crippen molar-refractivity contribution >= 4 is 74.5 Å². The number of anilines is 1. The highest BCUT2D eigenvalue weighted by Crippen LogP contribution is 2.30. The van der Waals surface area contributed by atoms with Crippen LogP contribution in [-0.2, 0) is 11.2 Å². The number of hydrogen-bond donors (Lipinski definition) is 2. The van der Waals surface area contributed by atoms with Gasteiger partial charge >= 0.3 is 0 Å². The van der Waals surface area contributed by atoms with E-state index in [9.17, 15) is 4.79 Å². The van der Waals surface area contributed by atoms with Gasteiger partial charge in [-0.2, -0.15) is 9.61 Å². The Morgan fingerprint density at radius 2 is 1.89 bits per heavy atom. The molecule has 0 spiro atoms. The van der Waals surface area contributed by atoms with Gasteiger partial charge in [0, 0.05) is 39.4 Å². The van der Waals surface area contributed by atoms with Gasteiger partial charge in [-0.3, -0.25) is 10.1 Å². The number of nitrogens with zero attached hydrogens (tertiary/aromatic N) is 4. The molecule has 1 amide bonds. The van der Waals surface area contributed by atoms with Crippen molar-refractivity contribution in [2.45, 2.75) is 20.3 Å². The van der Waals surface area contributed by atoms with E-state index in [1.807, 2.05) is 32.0 Å². The van der Waals surface area contributed by atoms with Gasteiger partial charge in [-0.15, -0.1) is 10.2 Å². The Bertz CT molecular complexity index is 1680. The van der Waals surface area contributed by atoms with Gasteiger partial charge in [-0.05, 0) is 67.2 Å². The highest BCUT2D eigenvalue weighted by atomic mass is 35.5. The number of amides is 1. The number of hydrogen-bond acceptors (Lipinski definition) is 7. The molecule has 0 aliphatic rings. The Balaban J connectivity index is 1.23. The Hall–Kier alpha value is -3.57. The van der Waals surface area contributed by atoms with E-state index in [4.69, 9.17) is 39.8 Å². The van der Waals surface area contributed by atoms with Crippen molar-refractivity contribution in [3.63, 3.8) is 0 Å². The fourth-order valence-corrected chi connectivity index (χ4v) is 5.23. The lowest BCUT2D eigenvalue weighted by Gasteiger charge is -2.12. The van der Waals surface area contributed by atoms with Gasteiger partial charge in [0.1, 0.15) is 16.5 Å². The Labute approximate surface area is 237 Å². The number of nitrogens with one attached hydrogen (secondary N) is 2. The van der Waals surface area contributed by atoms with E-state index in [2.05, 4.69) is 25.9 Å². The molecular formula is C26H20Cl2N6O2S2. The summed E-state index contributed by atoms with van der Waals surface area (Å²) in [6, 6.07) is 14.6. The minimum atomic E-state index is -0.402. The maximum atomic E-state index is 12.5. The molecule has 2 aromatic carbocycles. The molecule has 12 heteroatoms. The minimum absolute atomic E-state index is 0.167. The molecule has 0 aliphatic heterocycles. The number of benzene rings is 2. The largest absolute Gasteiger partial charge is 0.457 e. The first-order valence-corrected chi connectivity index (χ1v) is 13.5. The van der Waals surface area contributed by atoms with Crippen LogP contribution in [-0.4, -0.2) is 30.8 Å². The molecule has 0 unspecified atom stereocenters. The quantitative estimate of drug-likeness (QED) is 0.167. The maximum Gasteiger partial charge on any atom is 0.250 e. The molecule has 0 radical (unpaired) electrons. The molecule has 0 aliphatic carbocycles. The molecule has 2 N–H and O–H groups in total. The van der Waals surface area contributed by atoms with E-state index in [0.717, 1.165) is 44.6 Å². The van der Waals surface area contributed by atoms with Crippen LogP contribution in [0, 0.1) is 6.92 Å². The van der Waals surface area contributed by atoms with Crippen molar-refractivity contribution in [3.8, 4) is 21.9 Å². The van der Waals surface area contributed by atoms with Crippen molar-refractivity contribution in [1.82, 2.24) is 25.1 Å². The lowest BCUT2D eigenvalue weighted by atomic mass is 10.1. The van der Waals surface area contributed by atoms with Crippen molar-refractivity contribution in [2.24, 2.45) is 0 Å². The smallest absolute Gasteiger partial charge is 0.250 e. The number of carbonyl (C=O) groups is 1. The summed E-state index contributed by atoms with van der Waals surface area (Å²) < 4.78 is 7.54. The highest BCUT2D eigenvalue weighted by Gasteiger charge is 2.14. The lowest BCUT2D eigenvalue weighted by molar-refractivity contribution is -0.115. The number of aromatic nitrogens is 4. The average Bonchev–Trinajstić information content (AvgIpc) is 3.59. The first-order chi connectivity index (χ1) is 18.3. The van der Waals surface area contributed by atoms with Crippen molar-refractivity contribution in [3.05, 3.63) is 81.8 Å². The summed E-state index contributed by atoms with van der Waals surface area (Å²) in [6.45, 7) is 3.96. The molecule has 3 aromatic heterocycles.